The third-order valence-corrected chi connectivity index (χ3v) is 4.54. The molecule has 3 heteroatoms. The van der Waals surface area contributed by atoms with E-state index in [0.29, 0.717) is 12.0 Å². The van der Waals surface area contributed by atoms with Gasteiger partial charge in [0.1, 0.15) is 11.7 Å². The average Bonchev–Trinajstić information content (AvgIpc) is 3.04. The first kappa shape index (κ1) is 11.0. The highest BCUT2D eigenvalue weighted by atomic mass is 17.2. The van der Waals surface area contributed by atoms with Gasteiger partial charge in [-0.05, 0) is 45.4 Å². The number of epoxide rings is 1. The van der Waals surface area contributed by atoms with E-state index in [1.807, 2.05) is 0 Å². The summed E-state index contributed by atoms with van der Waals surface area (Å²) in [6, 6.07) is 0. The Morgan fingerprint density at radius 2 is 1.88 bits per heavy atom. The molecule has 5 atom stereocenters. The summed E-state index contributed by atoms with van der Waals surface area (Å²) in [5, 5.41) is 0. The van der Waals surface area contributed by atoms with Gasteiger partial charge in [0.25, 0.3) is 0 Å². The van der Waals surface area contributed by atoms with Gasteiger partial charge in [-0.2, -0.15) is 0 Å². The minimum absolute atomic E-state index is 0.123. The van der Waals surface area contributed by atoms with Crippen LogP contribution in [0.4, 0.5) is 0 Å². The Kier molecular flexibility index (Phi) is 2.73. The fourth-order valence-electron chi connectivity index (χ4n) is 3.51. The Balaban J connectivity index is 1.83. The number of hydrogen-bond acceptors (Lipinski definition) is 3. The summed E-state index contributed by atoms with van der Waals surface area (Å²) in [4.78, 5) is 11.4. The molecular weight excluding hydrogens is 204 g/mol. The highest BCUT2D eigenvalue weighted by molar-refractivity contribution is 5.06. The lowest BCUT2D eigenvalue weighted by molar-refractivity contribution is -0.391. The van der Waals surface area contributed by atoms with Crippen LogP contribution in [-0.2, 0) is 14.5 Å². The first-order chi connectivity index (χ1) is 7.72. The zero-order valence-corrected chi connectivity index (χ0v) is 10.3. The quantitative estimate of drug-likeness (QED) is 0.509. The van der Waals surface area contributed by atoms with Crippen LogP contribution in [0.5, 0.6) is 0 Å². The van der Waals surface area contributed by atoms with E-state index in [4.69, 9.17) is 14.5 Å². The summed E-state index contributed by atoms with van der Waals surface area (Å²) in [6.07, 6.45) is 8.20. The Morgan fingerprint density at radius 3 is 2.62 bits per heavy atom. The number of rotatable bonds is 1. The van der Waals surface area contributed by atoms with E-state index in [-0.39, 0.29) is 17.8 Å². The molecule has 0 bridgehead atoms. The molecule has 2 saturated heterocycles. The van der Waals surface area contributed by atoms with Gasteiger partial charge < -0.3 is 4.74 Å². The van der Waals surface area contributed by atoms with Gasteiger partial charge >= 0.3 is 0 Å². The molecule has 3 aliphatic rings. The van der Waals surface area contributed by atoms with Crippen LogP contribution in [0.15, 0.2) is 0 Å². The Labute approximate surface area is 97.4 Å². The van der Waals surface area contributed by atoms with Crippen molar-refractivity contribution >= 4 is 0 Å². The summed E-state index contributed by atoms with van der Waals surface area (Å²) in [5.41, 5.74) is -0.123. The topological polar surface area (TPSA) is 31.0 Å². The van der Waals surface area contributed by atoms with Gasteiger partial charge in [-0.25, -0.2) is 9.78 Å². The van der Waals surface area contributed by atoms with Crippen molar-refractivity contribution in [3.05, 3.63) is 0 Å². The van der Waals surface area contributed by atoms with Crippen LogP contribution in [0.2, 0.25) is 0 Å². The van der Waals surface area contributed by atoms with Crippen LogP contribution in [0, 0.1) is 5.92 Å². The maximum atomic E-state index is 5.88. The van der Waals surface area contributed by atoms with E-state index < -0.39 is 0 Å². The van der Waals surface area contributed by atoms with Crippen molar-refractivity contribution in [2.75, 3.05) is 0 Å². The van der Waals surface area contributed by atoms with Crippen LogP contribution >= 0.6 is 0 Å². The van der Waals surface area contributed by atoms with Crippen molar-refractivity contribution in [1.82, 2.24) is 0 Å². The predicted molar refractivity (Wildman–Crippen MR) is 59.9 cm³/mol. The third-order valence-electron chi connectivity index (χ3n) is 4.54. The second-order valence-electron chi connectivity index (χ2n) is 5.73. The molecule has 3 rings (SSSR count). The second kappa shape index (κ2) is 3.97. The summed E-state index contributed by atoms with van der Waals surface area (Å²) in [5.74, 6) is 0.640. The van der Waals surface area contributed by atoms with Crippen LogP contribution in [0.1, 0.15) is 52.4 Å². The maximum absolute atomic E-state index is 5.88. The fraction of sp³-hybridized carbons (Fsp3) is 1.00. The molecule has 0 aromatic carbocycles. The largest absolute Gasteiger partial charge is 0.367 e. The Hall–Kier alpha value is -0.120. The van der Waals surface area contributed by atoms with Crippen molar-refractivity contribution in [3.63, 3.8) is 0 Å². The summed E-state index contributed by atoms with van der Waals surface area (Å²) < 4.78 is 5.70. The molecule has 1 saturated carbocycles. The molecule has 0 spiro atoms. The molecule has 0 N–H and O–H groups in total. The lowest BCUT2D eigenvalue weighted by atomic mass is 9.71. The highest BCUT2D eigenvalue weighted by Crippen LogP contribution is 2.50. The predicted octanol–water partition coefficient (Wildman–Crippen LogP) is 2.83. The van der Waals surface area contributed by atoms with Gasteiger partial charge in [0.05, 0.1) is 12.2 Å². The lowest BCUT2D eigenvalue weighted by Gasteiger charge is -2.40. The van der Waals surface area contributed by atoms with E-state index in [0.717, 1.165) is 12.8 Å². The van der Waals surface area contributed by atoms with Gasteiger partial charge in [0.15, 0.2) is 0 Å². The molecule has 1 aliphatic carbocycles. The summed E-state index contributed by atoms with van der Waals surface area (Å²) in [7, 11) is 0. The van der Waals surface area contributed by atoms with Crippen molar-refractivity contribution in [1.29, 1.82) is 0 Å². The van der Waals surface area contributed by atoms with E-state index >= 15 is 0 Å². The van der Waals surface area contributed by atoms with E-state index in [1.54, 1.807) is 0 Å². The number of fused-ring (bicyclic) bond motifs is 1. The fourth-order valence-corrected chi connectivity index (χ4v) is 3.51. The molecule has 0 aromatic heterocycles. The number of ether oxygens (including phenoxy) is 1. The highest BCUT2D eigenvalue weighted by Gasteiger charge is 2.59. The van der Waals surface area contributed by atoms with Crippen LogP contribution in [0.3, 0.4) is 0 Å². The minimum Gasteiger partial charge on any atom is -0.367 e. The minimum atomic E-state index is -0.123. The Bertz CT molecular complexity index is 268. The maximum Gasteiger partial charge on any atom is 0.135 e. The van der Waals surface area contributed by atoms with E-state index in [1.165, 1.54) is 25.7 Å². The molecule has 92 valence electrons. The third kappa shape index (κ3) is 1.69. The van der Waals surface area contributed by atoms with Gasteiger partial charge in [0.2, 0.25) is 0 Å². The van der Waals surface area contributed by atoms with E-state index in [2.05, 4.69) is 13.8 Å². The molecule has 2 heterocycles. The molecule has 2 aliphatic heterocycles. The second-order valence-corrected chi connectivity index (χ2v) is 5.73. The van der Waals surface area contributed by atoms with Crippen LogP contribution in [0.25, 0.3) is 0 Å². The van der Waals surface area contributed by atoms with Gasteiger partial charge in [-0.15, -0.1) is 0 Å². The zero-order valence-electron chi connectivity index (χ0n) is 10.3. The first-order valence-electron chi connectivity index (χ1n) is 6.72. The molecule has 3 fully saturated rings. The van der Waals surface area contributed by atoms with Crippen molar-refractivity contribution in [3.8, 4) is 0 Å². The smallest absolute Gasteiger partial charge is 0.135 e. The first-order valence-corrected chi connectivity index (χ1v) is 6.72. The van der Waals surface area contributed by atoms with Crippen molar-refractivity contribution in [2.24, 2.45) is 5.92 Å². The van der Waals surface area contributed by atoms with Crippen molar-refractivity contribution in [2.45, 2.75) is 76.3 Å². The number of hydrogen-bond donors (Lipinski definition) is 0. The van der Waals surface area contributed by atoms with Crippen LogP contribution in [-0.4, -0.2) is 23.9 Å². The van der Waals surface area contributed by atoms with Crippen molar-refractivity contribution < 1.29 is 14.5 Å². The lowest BCUT2D eigenvalue weighted by Crippen LogP contribution is -2.48. The van der Waals surface area contributed by atoms with E-state index in [9.17, 15) is 0 Å². The van der Waals surface area contributed by atoms with Gasteiger partial charge in [0, 0.05) is 0 Å². The molecule has 16 heavy (non-hydrogen) atoms. The van der Waals surface area contributed by atoms with Crippen LogP contribution < -0.4 is 0 Å². The molecular formula is C13H22O3. The summed E-state index contributed by atoms with van der Waals surface area (Å²) >= 11 is 0. The summed E-state index contributed by atoms with van der Waals surface area (Å²) in [6.45, 7) is 4.24. The molecule has 0 amide bonds. The average molecular weight is 226 g/mol. The molecule has 0 radical (unpaired) electrons. The Morgan fingerprint density at radius 1 is 1.06 bits per heavy atom. The monoisotopic (exact) mass is 226 g/mol. The van der Waals surface area contributed by atoms with Gasteiger partial charge in [-0.1, -0.05) is 12.8 Å². The zero-order chi connectivity index (χ0) is 11.2. The van der Waals surface area contributed by atoms with Gasteiger partial charge in [-0.3, -0.25) is 0 Å². The molecule has 2 unspecified atom stereocenters. The molecule has 0 aromatic rings. The SMILES string of the molecule is CC1OC1[C@]12CCCC[C@@H]1CC[C@H](C)OO2. The normalized spacial score (nSPS) is 52.9. The molecule has 3 nitrogen and oxygen atoms in total. The standard InChI is InChI=1S/C13H22O3/c1-9-6-7-11-5-3-4-8-13(11,16-15-9)12-10(2)14-12/h9-12H,3-8H2,1-2H3/t9-,10?,11+,12?,13-/m0/s1.